The Labute approximate surface area is 153 Å². The summed E-state index contributed by atoms with van der Waals surface area (Å²) in [6.45, 7) is 2.08. The first-order valence-electron chi connectivity index (χ1n) is 8.59. The maximum atomic E-state index is 13.9. The highest BCUT2D eigenvalue weighted by atomic mass is 19.4. The predicted molar refractivity (Wildman–Crippen MR) is 94.4 cm³/mol. The molecule has 0 spiro atoms. The topological polar surface area (TPSA) is 0 Å². The van der Waals surface area contributed by atoms with Crippen molar-refractivity contribution in [2.45, 2.75) is 25.9 Å². The summed E-state index contributed by atoms with van der Waals surface area (Å²) in [7, 11) is 0. The Bertz CT molecular complexity index is 1020. The van der Waals surface area contributed by atoms with E-state index in [0.717, 1.165) is 35.2 Å². The van der Waals surface area contributed by atoms with Gasteiger partial charge in [-0.3, -0.25) is 0 Å². The van der Waals surface area contributed by atoms with Crippen molar-refractivity contribution < 1.29 is 22.0 Å². The van der Waals surface area contributed by atoms with Crippen LogP contribution in [0.5, 0.6) is 0 Å². The van der Waals surface area contributed by atoms with E-state index in [1.54, 1.807) is 12.1 Å². The molecule has 0 saturated carbocycles. The number of hydrogen-bond acceptors (Lipinski definition) is 0. The van der Waals surface area contributed by atoms with Crippen LogP contribution < -0.4 is 0 Å². The molecule has 0 amide bonds. The highest BCUT2D eigenvalue weighted by Crippen LogP contribution is 2.40. The molecule has 0 heterocycles. The molecule has 0 unspecified atom stereocenters. The number of benzene rings is 3. The summed E-state index contributed by atoms with van der Waals surface area (Å²) in [5.74, 6) is -3.21. The lowest BCUT2D eigenvalue weighted by molar-refractivity contribution is -0.142. The fraction of sp³-hybridized carbons (Fsp3) is 0.182. The maximum Gasteiger partial charge on any atom is 0.422 e. The van der Waals surface area contributed by atoms with Crippen molar-refractivity contribution in [1.29, 1.82) is 0 Å². The number of fused-ring (bicyclic) bond motifs is 3. The van der Waals surface area contributed by atoms with Crippen LogP contribution in [0.1, 0.15) is 29.2 Å². The van der Waals surface area contributed by atoms with E-state index in [9.17, 15) is 22.0 Å². The maximum absolute atomic E-state index is 13.9. The van der Waals surface area contributed by atoms with Gasteiger partial charge in [-0.05, 0) is 63.9 Å². The van der Waals surface area contributed by atoms with Crippen molar-refractivity contribution in [2.24, 2.45) is 0 Å². The predicted octanol–water partition coefficient (Wildman–Crippen LogP) is 6.78. The second-order valence-electron chi connectivity index (χ2n) is 6.71. The van der Waals surface area contributed by atoms with Gasteiger partial charge >= 0.3 is 6.18 Å². The van der Waals surface area contributed by atoms with E-state index in [1.807, 2.05) is 6.07 Å². The third-order valence-corrected chi connectivity index (χ3v) is 5.01. The van der Waals surface area contributed by atoms with E-state index >= 15 is 0 Å². The highest BCUT2D eigenvalue weighted by Gasteiger charge is 2.38. The molecule has 0 aromatic heterocycles. The van der Waals surface area contributed by atoms with Gasteiger partial charge in [0.2, 0.25) is 0 Å². The zero-order valence-corrected chi connectivity index (χ0v) is 14.4. The Morgan fingerprint density at radius 2 is 1.37 bits per heavy atom. The average Bonchev–Trinajstić information content (AvgIpc) is 2.96. The van der Waals surface area contributed by atoms with Crippen LogP contribution in [0.15, 0.2) is 48.5 Å². The molecule has 0 saturated heterocycles. The highest BCUT2D eigenvalue weighted by molar-refractivity contribution is 5.80. The van der Waals surface area contributed by atoms with Gasteiger partial charge < -0.3 is 0 Å². The van der Waals surface area contributed by atoms with Crippen molar-refractivity contribution in [3.63, 3.8) is 0 Å². The molecule has 3 aromatic rings. The molecule has 0 atom stereocenters. The van der Waals surface area contributed by atoms with E-state index in [-0.39, 0.29) is 5.56 Å². The first-order chi connectivity index (χ1) is 12.8. The number of alkyl halides is 3. The van der Waals surface area contributed by atoms with Crippen LogP contribution in [-0.4, -0.2) is 0 Å². The van der Waals surface area contributed by atoms with Gasteiger partial charge in [-0.15, -0.1) is 0 Å². The van der Waals surface area contributed by atoms with E-state index in [4.69, 9.17) is 0 Å². The molecule has 0 N–H and O–H groups in total. The van der Waals surface area contributed by atoms with Crippen molar-refractivity contribution in [1.82, 2.24) is 0 Å². The van der Waals surface area contributed by atoms with Crippen LogP contribution in [-0.2, 0) is 19.0 Å². The molecule has 0 bridgehead atoms. The van der Waals surface area contributed by atoms with E-state index in [0.29, 0.717) is 12.0 Å². The zero-order valence-electron chi connectivity index (χ0n) is 14.4. The van der Waals surface area contributed by atoms with Gasteiger partial charge in [0.25, 0.3) is 0 Å². The summed E-state index contributed by atoms with van der Waals surface area (Å²) in [6.07, 6.45) is -3.44. The Balaban J connectivity index is 1.75. The van der Waals surface area contributed by atoms with Crippen LogP contribution in [0.2, 0.25) is 0 Å². The Morgan fingerprint density at radius 3 is 1.96 bits per heavy atom. The number of halogens is 5. The average molecular weight is 374 g/mol. The van der Waals surface area contributed by atoms with Crippen LogP contribution in [0, 0.1) is 11.6 Å². The van der Waals surface area contributed by atoms with E-state index < -0.39 is 23.4 Å². The lowest BCUT2D eigenvalue weighted by Gasteiger charge is -2.12. The number of aryl methyl sites for hydroxylation is 1. The summed E-state index contributed by atoms with van der Waals surface area (Å²) >= 11 is 0. The van der Waals surface area contributed by atoms with E-state index in [2.05, 4.69) is 25.1 Å². The molecule has 138 valence electrons. The fourth-order valence-electron chi connectivity index (χ4n) is 3.67. The molecule has 0 fully saturated rings. The molecule has 0 nitrogen and oxygen atoms in total. The van der Waals surface area contributed by atoms with Gasteiger partial charge in [0, 0.05) is 0 Å². The second kappa shape index (κ2) is 6.19. The van der Waals surface area contributed by atoms with Gasteiger partial charge in [0.1, 0.15) is 17.2 Å². The van der Waals surface area contributed by atoms with Gasteiger partial charge in [0.05, 0.1) is 0 Å². The van der Waals surface area contributed by atoms with Crippen LogP contribution in [0.25, 0.3) is 22.3 Å². The molecule has 0 radical (unpaired) electrons. The molecule has 3 aromatic carbocycles. The lowest BCUT2D eigenvalue weighted by Crippen LogP contribution is -2.11. The minimum absolute atomic E-state index is 0.0889. The molecule has 1 aliphatic carbocycles. The Morgan fingerprint density at radius 1 is 0.778 bits per heavy atom. The SMILES string of the molecule is CCc1ccc2c(c1)Cc1cc(-c3cc(F)c(C(F)(F)F)c(F)c3)ccc1-2. The van der Waals surface area contributed by atoms with Gasteiger partial charge in [0.15, 0.2) is 0 Å². The Kier molecular flexibility index (Phi) is 4.06. The molecular weight excluding hydrogens is 359 g/mol. The van der Waals surface area contributed by atoms with Crippen molar-refractivity contribution in [3.05, 3.63) is 82.4 Å². The fourth-order valence-corrected chi connectivity index (χ4v) is 3.67. The quantitative estimate of drug-likeness (QED) is 0.339. The third kappa shape index (κ3) is 3.01. The summed E-state index contributed by atoms with van der Waals surface area (Å²) in [5, 5.41) is 0. The summed E-state index contributed by atoms with van der Waals surface area (Å²) in [4.78, 5) is 0. The lowest BCUT2D eigenvalue weighted by atomic mass is 9.97. The van der Waals surface area contributed by atoms with Crippen molar-refractivity contribution in [2.75, 3.05) is 0 Å². The molecule has 1 aliphatic rings. The molecule has 4 rings (SSSR count). The van der Waals surface area contributed by atoms with Crippen LogP contribution in [0.3, 0.4) is 0 Å². The summed E-state index contributed by atoms with van der Waals surface area (Å²) < 4.78 is 66.1. The third-order valence-electron chi connectivity index (χ3n) is 5.01. The zero-order chi connectivity index (χ0) is 19.3. The van der Waals surface area contributed by atoms with Crippen molar-refractivity contribution in [3.8, 4) is 22.3 Å². The monoisotopic (exact) mass is 374 g/mol. The minimum atomic E-state index is -5.07. The number of hydrogen-bond donors (Lipinski definition) is 0. The largest absolute Gasteiger partial charge is 0.422 e. The number of rotatable bonds is 2. The molecule has 5 heteroatoms. The van der Waals surface area contributed by atoms with Gasteiger partial charge in [-0.2, -0.15) is 13.2 Å². The first-order valence-corrected chi connectivity index (χ1v) is 8.59. The minimum Gasteiger partial charge on any atom is -0.206 e. The molecular formula is C22H15F5. The molecule has 27 heavy (non-hydrogen) atoms. The first kappa shape index (κ1) is 17.7. The van der Waals surface area contributed by atoms with Crippen LogP contribution >= 0.6 is 0 Å². The van der Waals surface area contributed by atoms with E-state index in [1.165, 1.54) is 11.1 Å². The van der Waals surface area contributed by atoms with Crippen LogP contribution in [0.4, 0.5) is 22.0 Å². The summed E-state index contributed by atoms with van der Waals surface area (Å²) in [6, 6.07) is 13.1. The van der Waals surface area contributed by atoms with Gasteiger partial charge in [-0.25, -0.2) is 8.78 Å². The Hall–Kier alpha value is -2.69. The second-order valence-corrected chi connectivity index (χ2v) is 6.71. The smallest absolute Gasteiger partial charge is 0.206 e. The van der Waals surface area contributed by atoms with Crippen molar-refractivity contribution >= 4 is 0 Å². The van der Waals surface area contributed by atoms with Gasteiger partial charge in [-0.1, -0.05) is 43.3 Å². The normalized spacial score (nSPS) is 12.8. The summed E-state index contributed by atoms with van der Waals surface area (Å²) in [5.41, 5.74) is 4.31. The standard InChI is InChI=1S/C22H15F5/c1-2-12-3-5-17-15(7-12)9-16-8-13(4-6-18(16)17)14-10-19(23)21(20(24)11-14)22(25,26)27/h3-8,10-11H,2,9H2,1H3. The molecule has 0 aliphatic heterocycles.